The molecule has 0 saturated carbocycles. The maximum Gasteiger partial charge on any atom is 0.156 e. The third kappa shape index (κ3) is 7.01. The van der Waals surface area contributed by atoms with Crippen molar-refractivity contribution in [2.45, 2.75) is 44.8 Å². The van der Waals surface area contributed by atoms with Crippen LogP contribution in [0.1, 0.15) is 40.0 Å². The lowest BCUT2D eigenvalue weighted by Crippen LogP contribution is -2.35. The predicted molar refractivity (Wildman–Crippen MR) is 73.9 cm³/mol. The molecular weight excluding hydrogens is 236 g/mol. The highest BCUT2D eigenvalue weighted by molar-refractivity contribution is 7.92. The average molecular weight is 264 g/mol. The van der Waals surface area contributed by atoms with Crippen molar-refractivity contribution in [2.75, 3.05) is 32.4 Å². The van der Waals surface area contributed by atoms with E-state index in [4.69, 9.17) is 5.73 Å². The Morgan fingerprint density at radius 1 is 1.06 bits per heavy atom. The van der Waals surface area contributed by atoms with Crippen LogP contribution in [0.3, 0.4) is 0 Å². The van der Waals surface area contributed by atoms with Gasteiger partial charge in [-0.15, -0.1) is 0 Å². The minimum Gasteiger partial charge on any atom is -0.330 e. The first-order valence-corrected chi connectivity index (χ1v) is 7.97. The zero-order valence-corrected chi connectivity index (χ0v) is 12.5. The Hall–Kier alpha value is -0.130. The van der Waals surface area contributed by atoms with Gasteiger partial charge < -0.3 is 10.6 Å². The molecule has 17 heavy (non-hydrogen) atoms. The first kappa shape index (κ1) is 16.9. The first-order chi connectivity index (χ1) is 7.70. The maximum absolute atomic E-state index is 11.9. The van der Waals surface area contributed by atoms with E-state index >= 15 is 0 Å². The largest absolute Gasteiger partial charge is 0.330 e. The molecule has 0 spiro atoms. The SMILES string of the molecule is CN(CCCCCN)CCS(=O)(=O)C(C)(C)C. The van der Waals surface area contributed by atoms with Crippen LogP contribution >= 0.6 is 0 Å². The number of sulfone groups is 1. The van der Waals surface area contributed by atoms with Crippen molar-refractivity contribution in [3.05, 3.63) is 0 Å². The van der Waals surface area contributed by atoms with Crippen molar-refractivity contribution < 1.29 is 8.42 Å². The molecule has 0 aliphatic carbocycles. The van der Waals surface area contributed by atoms with Crippen LogP contribution in [0, 0.1) is 0 Å². The second-order valence-corrected chi connectivity index (χ2v) is 8.45. The number of hydrogen-bond donors (Lipinski definition) is 1. The number of nitrogens with zero attached hydrogens (tertiary/aromatic N) is 1. The summed E-state index contributed by atoms with van der Waals surface area (Å²) >= 11 is 0. The smallest absolute Gasteiger partial charge is 0.156 e. The summed E-state index contributed by atoms with van der Waals surface area (Å²) < 4.78 is 23.1. The summed E-state index contributed by atoms with van der Waals surface area (Å²) in [6.07, 6.45) is 3.25. The highest BCUT2D eigenvalue weighted by atomic mass is 32.2. The molecule has 0 aromatic rings. The van der Waals surface area contributed by atoms with Gasteiger partial charge in [0.15, 0.2) is 9.84 Å². The van der Waals surface area contributed by atoms with Crippen LogP contribution in [0.4, 0.5) is 0 Å². The van der Waals surface area contributed by atoms with Crippen LogP contribution in [-0.2, 0) is 9.84 Å². The van der Waals surface area contributed by atoms with Gasteiger partial charge in [-0.25, -0.2) is 8.42 Å². The molecule has 0 heterocycles. The van der Waals surface area contributed by atoms with Crippen LogP contribution in [0.5, 0.6) is 0 Å². The highest BCUT2D eigenvalue weighted by Gasteiger charge is 2.28. The van der Waals surface area contributed by atoms with Crippen molar-refractivity contribution >= 4 is 9.84 Å². The Labute approximate surface area is 106 Å². The minimum atomic E-state index is -2.99. The Kier molecular flexibility index (Phi) is 7.28. The summed E-state index contributed by atoms with van der Waals surface area (Å²) in [5.74, 6) is 0.240. The van der Waals surface area contributed by atoms with Gasteiger partial charge in [-0.3, -0.25) is 0 Å². The van der Waals surface area contributed by atoms with Crippen molar-refractivity contribution in [1.82, 2.24) is 4.90 Å². The van der Waals surface area contributed by atoms with Gasteiger partial charge in [-0.2, -0.15) is 0 Å². The van der Waals surface area contributed by atoms with Crippen LogP contribution in [-0.4, -0.2) is 50.5 Å². The lowest BCUT2D eigenvalue weighted by molar-refractivity contribution is 0.341. The topological polar surface area (TPSA) is 63.4 Å². The fraction of sp³-hybridized carbons (Fsp3) is 1.00. The summed E-state index contributed by atoms with van der Waals surface area (Å²) in [7, 11) is -1.02. The monoisotopic (exact) mass is 264 g/mol. The Balaban J connectivity index is 3.88. The number of unbranched alkanes of at least 4 members (excludes halogenated alkanes) is 2. The molecule has 4 nitrogen and oxygen atoms in total. The van der Waals surface area contributed by atoms with Crippen molar-refractivity contribution in [2.24, 2.45) is 5.73 Å². The molecule has 0 saturated heterocycles. The van der Waals surface area contributed by atoms with E-state index in [-0.39, 0.29) is 5.75 Å². The van der Waals surface area contributed by atoms with Crippen LogP contribution in [0.2, 0.25) is 0 Å². The average Bonchev–Trinajstić information content (AvgIpc) is 2.20. The lowest BCUT2D eigenvalue weighted by Gasteiger charge is -2.22. The normalized spacial score (nSPS) is 13.3. The van der Waals surface area contributed by atoms with Gasteiger partial charge in [0.1, 0.15) is 0 Å². The van der Waals surface area contributed by atoms with Crippen LogP contribution in [0.15, 0.2) is 0 Å². The molecule has 0 amide bonds. The molecule has 0 bridgehead atoms. The summed E-state index contributed by atoms with van der Waals surface area (Å²) in [6.45, 7) is 7.56. The first-order valence-electron chi connectivity index (χ1n) is 6.31. The zero-order valence-electron chi connectivity index (χ0n) is 11.7. The van der Waals surface area contributed by atoms with Crippen molar-refractivity contribution in [3.8, 4) is 0 Å². The van der Waals surface area contributed by atoms with E-state index in [0.717, 1.165) is 32.4 Å². The maximum atomic E-state index is 11.9. The Bertz CT molecular complexity index is 294. The molecular formula is C12H28N2O2S. The molecule has 0 unspecified atom stereocenters. The standard InChI is InChI=1S/C12H28N2O2S/c1-12(2,3)17(15,16)11-10-14(4)9-7-5-6-8-13/h5-11,13H2,1-4H3. The quantitative estimate of drug-likeness (QED) is 0.670. The third-order valence-electron chi connectivity index (χ3n) is 2.92. The predicted octanol–water partition coefficient (Wildman–Crippen LogP) is 1.26. The molecule has 0 radical (unpaired) electrons. The van der Waals surface area contributed by atoms with Gasteiger partial charge in [-0.1, -0.05) is 6.42 Å². The summed E-state index contributed by atoms with van der Waals surface area (Å²) in [4.78, 5) is 2.08. The van der Waals surface area contributed by atoms with E-state index in [1.165, 1.54) is 0 Å². The molecule has 0 fully saturated rings. The van der Waals surface area contributed by atoms with E-state index in [0.29, 0.717) is 6.54 Å². The fourth-order valence-electron chi connectivity index (χ4n) is 1.40. The van der Waals surface area contributed by atoms with Crippen LogP contribution < -0.4 is 5.73 Å². The molecule has 2 N–H and O–H groups in total. The van der Waals surface area contributed by atoms with Crippen LogP contribution in [0.25, 0.3) is 0 Å². The van der Waals surface area contributed by atoms with Gasteiger partial charge in [0.25, 0.3) is 0 Å². The number of nitrogens with two attached hydrogens (primary N) is 1. The van der Waals surface area contributed by atoms with E-state index in [1.54, 1.807) is 20.8 Å². The molecule has 104 valence electrons. The van der Waals surface area contributed by atoms with Crippen molar-refractivity contribution in [1.29, 1.82) is 0 Å². The van der Waals surface area contributed by atoms with E-state index in [9.17, 15) is 8.42 Å². The molecule has 5 heteroatoms. The highest BCUT2D eigenvalue weighted by Crippen LogP contribution is 2.15. The summed E-state index contributed by atoms with van der Waals surface area (Å²) in [5, 5.41) is 0. The number of rotatable bonds is 8. The zero-order chi connectivity index (χ0) is 13.5. The van der Waals surface area contributed by atoms with Crippen molar-refractivity contribution in [3.63, 3.8) is 0 Å². The van der Waals surface area contributed by atoms with Gasteiger partial charge in [0.2, 0.25) is 0 Å². The fourth-order valence-corrected chi connectivity index (χ4v) is 2.56. The Morgan fingerprint density at radius 3 is 2.12 bits per heavy atom. The van der Waals surface area contributed by atoms with Gasteiger partial charge >= 0.3 is 0 Å². The molecule has 0 aromatic heterocycles. The van der Waals surface area contributed by atoms with E-state index < -0.39 is 14.6 Å². The van der Waals surface area contributed by atoms with Gasteiger partial charge in [-0.05, 0) is 53.8 Å². The molecule has 0 aliphatic heterocycles. The Morgan fingerprint density at radius 2 is 1.65 bits per heavy atom. The molecule has 0 rings (SSSR count). The molecule has 0 aliphatic rings. The third-order valence-corrected chi connectivity index (χ3v) is 5.50. The summed E-state index contributed by atoms with van der Waals surface area (Å²) in [6, 6.07) is 0. The van der Waals surface area contributed by atoms with E-state index in [2.05, 4.69) is 4.90 Å². The molecule has 0 aromatic carbocycles. The minimum absolute atomic E-state index is 0.240. The van der Waals surface area contributed by atoms with Gasteiger partial charge in [0, 0.05) is 6.54 Å². The van der Waals surface area contributed by atoms with E-state index in [1.807, 2.05) is 7.05 Å². The molecule has 0 atom stereocenters. The summed E-state index contributed by atoms with van der Waals surface area (Å²) in [5.41, 5.74) is 5.42. The lowest BCUT2D eigenvalue weighted by atomic mass is 10.2. The second kappa shape index (κ2) is 7.34. The van der Waals surface area contributed by atoms with Gasteiger partial charge in [0.05, 0.1) is 10.5 Å². The number of hydrogen-bond acceptors (Lipinski definition) is 4. The second-order valence-electron chi connectivity index (χ2n) is 5.58.